The lowest BCUT2D eigenvalue weighted by Crippen LogP contribution is -2.56. The molecule has 1 fully saturated rings. The molecular weight excluding hydrogens is 260 g/mol. The molecule has 0 saturated carbocycles. The van der Waals surface area contributed by atoms with Crippen LogP contribution in [-0.4, -0.2) is 36.2 Å². The molecule has 1 heterocycles. The smallest absolute Gasteiger partial charge is 0.195 e. The Morgan fingerprint density at radius 2 is 2.00 bits per heavy atom. The number of nitrogens with zero attached hydrogens (tertiary/aromatic N) is 1. The Labute approximate surface area is 110 Å². The number of rotatable bonds is 4. The van der Waals surface area contributed by atoms with Gasteiger partial charge in [0.1, 0.15) is 0 Å². The van der Waals surface area contributed by atoms with E-state index < -0.39 is 15.7 Å². The van der Waals surface area contributed by atoms with Gasteiger partial charge in [0.05, 0.1) is 0 Å². The molecule has 0 aromatic heterocycles. The van der Waals surface area contributed by atoms with Gasteiger partial charge in [-0.1, -0.05) is 6.42 Å². The number of piperidine rings is 1. The van der Waals surface area contributed by atoms with E-state index in [-0.39, 0.29) is 11.4 Å². The Kier molecular flexibility index (Phi) is 4.86. The third-order valence-corrected chi connectivity index (χ3v) is 5.93. The van der Waals surface area contributed by atoms with Crippen molar-refractivity contribution in [3.63, 3.8) is 0 Å². The van der Waals surface area contributed by atoms with Crippen molar-refractivity contribution in [2.24, 2.45) is 0 Å². The van der Waals surface area contributed by atoms with Gasteiger partial charge in [-0.3, -0.25) is 0 Å². The largest absolute Gasteiger partial charge is 0.280 e. The molecule has 2 atom stereocenters. The summed E-state index contributed by atoms with van der Waals surface area (Å²) in [5, 5.41) is -0.266. The van der Waals surface area contributed by atoms with E-state index in [9.17, 15) is 8.42 Å². The highest BCUT2D eigenvalue weighted by molar-refractivity contribution is 7.87. The molecule has 0 aliphatic carbocycles. The molecule has 0 spiro atoms. The maximum atomic E-state index is 12.3. The van der Waals surface area contributed by atoms with Crippen LogP contribution in [-0.2, 0) is 10.2 Å². The molecule has 17 heavy (non-hydrogen) atoms. The predicted molar refractivity (Wildman–Crippen MR) is 71.5 cm³/mol. The third-order valence-electron chi connectivity index (χ3n) is 3.44. The topological polar surface area (TPSA) is 49.4 Å². The van der Waals surface area contributed by atoms with Crippen LogP contribution >= 0.6 is 11.6 Å². The molecule has 1 N–H and O–H groups in total. The fraction of sp³-hybridized carbons (Fsp3) is 1.00. The van der Waals surface area contributed by atoms with Crippen molar-refractivity contribution in [1.29, 1.82) is 0 Å². The third kappa shape index (κ3) is 3.81. The van der Waals surface area contributed by atoms with Crippen LogP contribution in [0.5, 0.6) is 0 Å². The normalized spacial score (nSPS) is 25.8. The average Bonchev–Trinajstić information content (AvgIpc) is 2.16. The SMILES string of the molecule is CC1CCCCN1S(=O)(=O)NC(C)(C)C(C)Cl. The lowest BCUT2D eigenvalue weighted by atomic mass is 10.0. The van der Waals surface area contributed by atoms with Gasteiger partial charge in [-0.15, -0.1) is 11.6 Å². The van der Waals surface area contributed by atoms with Crippen molar-refractivity contribution < 1.29 is 8.42 Å². The molecule has 0 radical (unpaired) electrons. The van der Waals surface area contributed by atoms with Crippen molar-refractivity contribution in [3.8, 4) is 0 Å². The molecule has 6 heteroatoms. The molecule has 102 valence electrons. The summed E-state index contributed by atoms with van der Waals surface area (Å²) in [6.07, 6.45) is 2.96. The molecular formula is C11H23ClN2O2S. The maximum Gasteiger partial charge on any atom is 0.280 e. The summed E-state index contributed by atoms with van der Waals surface area (Å²) >= 11 is 6.01. The van der Waals surface area contributed by atoms with Crippen molar-refractivity contribution in [1.82, 2.24) is 9.03 Å². The van der Waals surface area contributed by atoms with Crippen LogP contribution in [0.1, 0.15) is 47.0 Å². The van der Waals surface area contributed by atoms with Gasteiger partial charge in [0, 0.05) is 23.5 Å². The lowest BCUT2D eigenvalue weighted by Gasteiger charge is -2.36. The van der Waals surface area contributed by atoms with Gasteiger partial charge < -0.3 is 0 Å². The van der Waals surface area contributed by atoms with Gasteiger partial charge in [-0.25, -0.2) is 0 Å². The number of alkyl halides is 1. The Morgan fingerprint density at radius 3 is 2.47 bits per heavy atom. The van der Waals surface area contributed by atoms with Gasteiger partial charge in [0.15, 0.2) is 0 Å². The van der Waals surface area contributed by atoms with E-state index >= 15 is 0 Å². The second-order valence-corrected chi connectivity index (χ2v) is 7.68. The van der Waals surface area contributed by atoms with E-state index in [1.165, 1.54) is 0 Å². The summed E-state index contributed by atoms with van der Waals surface area (Å²) in [5.74, 6) is 0. The van der Waals surface area contributed by atoms with Crippen LogP contribution in [0.4, 0.5) is 0 Å². The summed E-state index contributed by atoms with van der Waals surface area (Å²) < 4.78 is 28.8. The Balaban J connectivity index is 2.81. The maximum absolute atomic E-state index is 12.3. The molecule has 1 aliphatic rings. The van der Waals surface area contributed by atoms with Crippen molar-refractivity contribution in [3.05, 3.63) is 0 Å². The van der Waals surface area contributed by atoms with Crippen LogP contribution in [0.25, 0.3) is 0 Å². The highest BCUT2D eigenvalue weighted by atomic mass is 35.5. The summed E-state index contributed by atoms with van der Waals surface area (Å²) in [5.41, 5.74) is -0.641. The standard InChI is InChI=1S/C11H23ClN2O2S/c1-9-7-5-6-8-14(9)17(15,16)13-11(3,4)10(2)12/h9-10,13H,5-8H2,1-4H3. The van der Waals surface area contributed by atoms with Gasteiger partial charge in [-0.2, -0.15) is 17.4 Å². The van der Waals surface area contributed by atoms with Gasteiger partial charge in [0.25, 0.3) is 10.2 Å². The Morgan fingerprint density at radius 1 is 1.41 bits per heavy atom. The molecule has 1 saturated heterocycles. The molecule has 0 aromatic rings. The van der Waals surface area contributed by atoms with Crippen LogP contribution in [0, 0.1) is 0 Å². The van der Waals surface area contributed by atoms with E-state index in [1.54, 1.807) is 25.1 Å². The molecule has 0 bridgehead atoms. The van der Waals surface area contributed by atoms with Gasteiger partial charge >= 0.3 is 0 Å². The van der Waals surface area contributed by atoms with Crippen molar-refractivity contribution >= 4 is 21.8 Å². The molecule has 0 aromatic carbocycles. The van der Waals surface area contributed by atoms with E-state index in [2.05, 4.69) is 4.72 Å². The van der Waals surface area contributed by atoms with E-state index in [4.69, 9.17) is 11.6 Å². The first-order valence-electron chi connectivity index (χ1n) is 6.11. The zero-order chi connectivity index (χ0) is 13.3. The highest BCUT2D eigenvalue weighted by Crippen LogP contribution is 2.22. The number of nitrogens with one attached hydrogen (secondary N) is 1. The minimum Gasteiger partial charge on any atom is -0.195 e. The molecule has 1 rings (SSSR count). The first kappa shape index (κ1) is 15.2. The Hall–Kier alpha value is 0.160. The van der Waals surface area contributed by atoms with Gasteiger partial charge in [-0.05, 0) is 40.5 Å². The van der Waals surface area contributed by atoms with E-state index in [0.29, 0.717) is 6.54 Å². The molecule has 2 unspecified atom stereocenters. The van der Waals surface area contributed by atoms with Crippen molar-refractivity contribution in [2.45, 2.75) is 63.9 Å². The van der Waals surface area contributed by atoms with E-state index in [1.807, 2.05) is 6.92 Å². The minimum atomic E-state index is -3.44. The first-order chi connectivity index (χ1) is 7.67. The zero-order valence-electron chi connectivity index (χ0n) is 11.0. The average molecular weight is 283 g/mol. The fourth-order valence-electron chi connectivity index (χ4n) is 1.90. The van der Waals surface area contributed by atoms with Gasteiger partial charge in [0.2, 0.25) is 0 Å². The van der Waals surface area contributed by atoms with Crippen molar-refractivity contribution in [2.75, 3.05) is 6.54 Å². The second kappa shape index (κ2) is 5.43. The van der Waals surface area contributed by atoms with E-state index in [0.717, 1.165) is 19.3 Å². The van der Waals surface area contributed by atoms with Crippen LogP contribution < -0.4 is 4.72 Å². The first-order valence-corrected chi connectivity index (χ1v) is 7.99. The van der Waals surface area contributed by atoms with Crippen LogP contribution in [0.2, 0.25) is 0 Å². The molecule has 1 aliphatic heterocycles. The zero-order valence-corrected chi connectivity index (χ0v) is 12.6. The number of hydrogen-bond donors (Lipinski definition) is 1. The quantitative estimate of drug-likeness (QED) is 0.803. The Bertz CT molecular complexity index is 354. The fourth-order valence-corrected chi connectivity index (χ4v) is 3.93. The molecule has 0 amide bonds. The molecule has 4 nitrogen and oxygen atoms in total. The predicted octanol–water partition coefficient (Wildman–Crippen LogP) is 2.10. The summed E-state index contributed by atoms with van der Waals surface area (Å²) in [6.45, 7) is 7.95. The summed E-state index contributed by atoms with van der Waals surface area (Å²) in [7, 11) is -3.44. The number of hydrogen-bond acceptors (Lipinski definition) is 2. The second-order valence-electron chi connectivity index (χ2n) is 5.40. The minimum absolute atomic E-state index is 0.0719. The monoisotopic (exact) mass is 282 g/mol. The van der Waals surface area contributed by atoms with Crippen LogP contribution in [0.3, 0.4) is 0 Å². The number of halogens is 1. The van der Waals surface area contributed by atoms with Crippen LogP contribution in [0.15, 0.2) is 0 Å². The lowest BCUT2D eigenvalue weighted by molar-refractivity contribution is 0.259. The highest BCUT2D eigenvalue weighted by Gasteiger charge is 2.35. The summed E-state index contributed by atoms with van der Waals surface area (Å²) in [6, 6.07) is 0.0719. The summed E-state index contributed by atoms with van der Waals surface area (Å²) in [4.78, 5) is 0.